The molecular weight excluding hydrogens is 500 g/mol. The van der Waals surface area contributed by atoms with Crippen LogP contribution in [0.1, 0.15) is 70.1 Å². The van der Waals surface area contributed by atoms with Crippen LogP contribution in [0.25, 0.3) is 0 Å². The molecule has 0 spiro atoms. The van der Waals surface area contributed by atoms with E-state index in [9.17, 15) is 8.42 Å². The summed E-state index contributed by atoms with van der Waals surface area (Å²) in [6.45, 7) is 5.88. The smallest absolute Gasteiger partial charge is 0.240 e. The van der Waals surface area contributed by atoms with Crippen molar-refractivity contribution in [2.24, 2.45) is 0 Å². The molecule has 35 heavy (non-hydrogen) atoms. The molecule has 1 fully saturated rings. The third kappa shape index (κ3) is 6.46. The Morgan fingerprint density at radius 2 is 1.91 bits per heavy atom. The Labute approximate surface area is 210 Å². The number of anilines is 1. The molecule has 14 heteroatoms. The summed E-state index contributed by atoms with van der Waals surface area (Å²) in [6, 6.07) is 0. The van der Waals surface area contributed by atoms with Gasteiger partial charge in [-0.1, -0.05) is 11.6 Å². The second-order valence-corrected chi connectivity index (χ2v) is 11.4. The number of hydrogen-bond donors (Lipinski definition) is 1. The summed E-state index contributed by atoms with van der Waals surface area (Å²) >= 11 is 5.86. The standard InChI is InChI=1S/C21H33ClN6O6S/c1-13(17(33-6)18-23-11-14(22)12-24-18)35(29,30)27-20-26-25-19(15-7-9-21(2,3)34-15)28(20)16(32-5)8-10-31-4/h11-13,15-17H,7-10H2,1-6H3,(H,26,27)/t13-,15+,16?,17-/m0/s1. The summed E-state index contributed by atoms with van der Waals surface area (Å²) in [4.78, 5) is 8.22. The Kier molecular flexibility index (Phi) is 9.05. The molecule has 0 aromatic carbocycles. The second-order valence-electron chi connectivity index (χ2n) is 8.90. The van der Waals surface area contributed by atoms with Gasteiger partial charge in [0.15, 0.2) is 11.6 Å². The van der Waals surface area contributed by atoms with Gasteiger partial charge in [0.25, 0.3) is 0 Å². The molecule has 2 aromatic rings. The van der Waals surface area contributed by atoms with Crippen LogP contribution in [0.2, 0.25) is 5.02 Å². The van der Waals surface area contributed by atoms with Gasteiger partial charge in [-0.05, 0) is 33.6 Å². The van der Waals surface area contributed by atoms with E-state index >= 15 is 0 Å². The summed E-state index contributed by atoms with van der Waals surface area (Å²) in [5.41, 5.74) is -0.324. The van der Waals surface area contributed by atoms with E-state index in [0.29, 0.717) is 30.3 Å². The van der Waals surface area contributed by atoms with Gasteiger partial charge in [-0.15, -0.1) is 10.2 Å². The molecule has 196 valence electrons. The summed E-state index contributed by atoms with van der Waals surface area (Å²) in [5, 5.41) is 7.69. The van der Waals surface area contributed by atoms with Crippen LogP contribution in [0.3, 0.4) is 0 Å². The van der Waals surface area contributed by atoms with Gasteiger partial charge in [0.05, 0.1) is 17.2 Å². The van der Waals surface area contributed by atoms with Crippen molar-refractivity contribution in [1.29, 1.82) is 0 Å². The Bertz CT molecular complexity index is 1080. The molecule has 3 rings (SSSR count). The van der Waals surface area contributed by atoms with Crippen LogP contribution in [0.5, 0.6) is 0 Å². The van der Waals surface area contributed by atoms with Crippen LogP contribution in [0, 0.1) is 0 Å². The SMILES string of the molecule is COCCC(OC)n1c(NS(=O)(=O)[C@@H](C)[C@H](OC)c2ncc(Cl)cn2)nnc1[C@H]1CCC(C)(C)O1. The van der Waals surface area contributed by atoms with Crippen molar-refractivity contribution in [3.05, 3.63) is 29.1 Å². The number of methoxy groups -OCH3 is 3. The number of aromatic nitrogens is 5. The van der Waals surface area contributed by atoms with Gasteiger partial charge in [-0.3, -0.25) is 9.29 Å². The fraction of sp³-hybridized carbons (Fsp3) is 0.714. The van der Waals surface area contributed by atoms with Gasteiger partial charge < -0.3 is 18.9 Å². The molecule has 12 nitrogen and oxygen atoms in total. The zero-order valence-corrected chi connectivity index (χ0v) is 22.3. The van der Waals surface area contributed by atoms with Gasteiger partial charge in [-0.2, -0.15) is 0 Å². The maximum absolute atomic E-state index is 13.4. The summed E-state index contributed by atoms with van der Waals surface area (Å²) in [6.07, 6.45) is 2.86. The molecule has 1 unspecified atom stereocenters. The molecular formula is C21H33ClN6O6S. The molecule has 0 bridgehead atoms. The predicted octanol–water partition coefficient (Wildman–Crippen LogP) is 3.05. The van der Waals surface area contributed by atoms with Gasteiger partial charge in [-0.25, -0.2) is 18.4 Å². The number of nitrogens with one attached hydrogen (secondary N) is 1. The molecule has 1 saturated heterocycles. The normalized spacial score (nSPS) is 20.5. The summed E-state index contributed by atoms with van der Waals surface area (Å²) in [5.74, 6) is 0.677. The third-order valence-electron chi connectivity index (χ3n) is 5.91. The molecule has 1 aliphatic rings. The van der Waals surface area contributed by atoms with Gasteiger partial charge in [0.1, 0.15) is 23.7 Å². The fourth-order valence-electron chi connectivity index (χ4n) is 3.97. The van der Waals surface area contributed by atoms with Crippen molar-refractivity contribution in [3.63, 3.8) is 0 Å². The van der Waals surface area contributed by atoms with E-state index < -0.39 is 27.6 Å². The lowest BCUT2D eigenvalue weighted by Gasteiger charge is -2.25. The topological polar surface area (TPSA) is 140 Å². The predicted molar refractivity (Wildman–Crippen MR) is 128 cm³/mol. The van der Waals surface area contributed by atoms with E-state index in [0.717, 1.165) is 6.42 Å². The number of ether oxygens (including phenoxy) is 4. The van der Waals surface area contributed by atoms with Gasteiger partial charge in [0, 0.05) is 40.1 Å². The lowest BCUT2D eigenvalue weighted by atomic mass is 10.1. The quantitative estimate of drug-likeness (QED) is 0.433. The zero-order valence-electron chi connectivity index (χ0n) is 20.8. The van der Waals surface area contributed by atoms with Crippen molar-refractivity contribution in [2.45, 2.75) is 69.3 Å². The van der Waals surface area contributed by atoms with Crippen LogP contribution < -0.4 is 4.72 Å². The molecule has 0 aliphatic carbocycles. The number of nitrogens with zero attached hydrogens (tertiary/aromatic N) is 5. The Balaban J connectivity index is 1.94. The first kappa shape index (κ1) is 27.7. The molecule has 1 N–H and O–H groups in total. The molecule has 0 amide bonds. The van der Waals surface area contributed by atoms with Crippen molar-refractivity contribution >= 4 is 27.6 Å². The monoisotopic (exact) mass is 532 g/mol. The number of hydrogen-bond acceptors (Lipinski definition) is 10. The van der Waals surface area contributed by atoms with Crippen molar-refractivity contribution in [1.82, 2.24) is 24.7 Å². The molecule has 0 radical (unpaired) electrons. The van der Waals surface area contributed by atoms with Crippen molar-refractivity contribution < 1.29 is 27.4 Å². The minimum atomic E-state index is -4.04. The van der Waals surface area contributed by atoms with Crippen molar-refractivity contribution in [2.75, 3.05) is 32.7 Å². The summed E-state index contributed by atoms with van der Waals surface area (Å²) in [7, 11) is 0.461. The molecule has 3 heterocycles. The second kappa shape index (κ2) is 11.4. The average molecular weight is 533 g/mol. The van der Waals surface area contributed by atoms with Crippen LogP contribution in [-0.2, 0) is 29.0 Å². The van der Waals surface area contributed by atoms with E-state index in [2.05, 4.69) is 24.9 Å². The Morgan fingerprint density at radius 3 is 2.46 bits per heavy atom. The van der Waals surface area contributed by atoms with Crippen LogP contribution in [0.4, 0.5) is 5.95 Å². The molecule has 1 aliphatic heterocycles. The van der Waals surface area contributed by atoms with E-state index in [4.69, 9.17) is 30.5 Å². The van der Waals surface area contributed by atoms with Crippen LogP contribution in [-0.4, -0.2) is 71.9 Å². The minimum absolute atomic E-state index is 0.00925. The van der Waals surface area contributed by atoms with Crippen LogP contribution >= 0.6 is 11.6 Å². The van der Waals surface area contributed by atoms with Crippen LogP contribution in [0.15, 0.2) is 12.4 Å². The molecule has 0 saturated carbocycles. The van der Waals surface area contributed by atoms with Gasteiger partial charge >= 0.3 is 0 Å². The highest BCUT2D eigenvalue weighted by Gasteiger charge is 2.39. The van der Waals surface area contributed by atoms with E-state index in [-0.39, 0.29) is 23.5 Å². The van der Waals surface area contributed by atoms with E-state index in [1.807, 2.05) is 13.8 Å². The van der Waals surface area contributed by atoms with E-state index in [1.165, 1.54) is 33.5 Å². The first-order valence-corrected chi connectivity index (χ1v) is 13.1. The number of sulfonamides is 1. The third-order valence-corrected chi connectivity index (χ3v) is 7.80. The summed E-state index contributed by atoms with van der Waals surface area (Å²) < 4.78 is 53.4. The first-order chi connectivity index (χ1) is 16.5. The highest BCUT2D eigenvalue weighted by Crippen LogP contribution is 2.40. The highest BCUT2D eigenvalue weighted by molar-refractivity contribution is 7.93. The van der Waals surface area contributed by atoms with Crippen molar-refractivity contribution in [3.8, 4) is 0 Å². The molecule has 4 atom stereocenters. The average Bonchev–Trinajstić information content (AvgIpc) is 3.38. The first-order valence-electron chi connectivity index (χ1n) is 11.2. The fourth-order valence-corrected chi connectivity index (χ4v) is 5.21. The minimum Gasteiger partial charge on any atom is -0.385 e. The van der Waals surface area contributed by atoms with E-state index in [1.54, 1.807) is 11.7 Å². The lowest BCUT2D eigenvalue weighted by Crippen LogP contribution is -2.34. The Hall–Kier alpha value is -1.90. The number of rotatable bonds is 12. The highest BCUT2D eigenvalue weighted by atomic mass is 35.5. The van der Waals surface area contributed by atoms with Gasteiger partial charge in [0.2, 0.25) is 16.0 Å². The maximum atomic E-state index is 13.4. The Morgan fingerprint density at radius 1 is 1.23 bits per heavy atom. The largest absolute Gasteiger partial charge is 0.385 e. The zero-order chi connectivity index (χ0) is 25.8. The molecule has 2 aromatic heterocycles. The lowest BCUT2D eigenvalue weighted by molar-refractivity contribution is -0.0316. The number of halogens is 1. The maximum Gasteiger partial charge on any atom is 0.240 e.